The molecule has 0 saturated carbocycles. The minimum Gasteiger partial charge on any atom is -0.329 e. The highest BCUT2D eigenvalue weighted by molar-refractivity contribution is 7.91. The Hall–Kier alpha value is -1.36. The van der Waals surface area contributed by atoms with Crippen LogP contribution in [-0.2, 0) is 9.84 Å². The van der Waals surface area contributed by atoms with Crippen LogP contribution in [0.5, 0.6) is 0 Å². The average molecular weight is 296 g/mol. The first-order valence-corrected chi connectivity index (χ1v) is 7.73. The molecular weight excluding hydrogens is 282 g/mol. The van der Waals surface area contributed by atoms with E-state index < -0.39 is 15.1 Å². The number of nitrogens with two attached hydrogens (primary N) is 1. The fourth-order valence-corrected chi connectivity index (χ4v) is 3.92. The molecule has 0 aromatic heterocycles. The van der Waals surface area contributed by atoms with Gasteiger partial charge >= 0.3 is 0 Å². The molecule has 0 spiro atoms. The third kappa shape index (κ3) is 2.81. The van der Waals surface area contributed by atoms with Crippen LogP contribution >= 0.6 is 11.6 Å². The second kappa shape index (κ2) is 5.74. The Morgan fingerprint density at radius 3 is 2.16 bits per heavy atom. The van der Waals surface area contributed by atoms with E-state index in [-0.39, 0.29) is 11.4 Å². The summed E-state index contributed by atoms with van der Waals surface area (Å²) in [6.07, 6.45) is 0. The molecule has 3 nitrogen and oxygen atoms in total. The fraction of sp³-hybridized carbons (Fsp3) is 0.143. The number of sulfone groups is 1. The van der Waals surface area contributed by atoms with Gasteiger partial charge in [-0.15, -0.1) is 0 Å². The maximum Gasteiger partial charge on any atom is 0.186 e. The van der Waals surface area contributed by atoms with Crippen LogP contribution in [0.4, 0.5) is 0 Å². The lowest BCUT2D eigenvalue weighted by molar-refractivity contribution is 0.582. The van der Waals surface area contributed by atoms with Gasteiger partial charge in [-0.25, -0.2) is 8.42 Å². The molecule has 1 atom stereocenters. The summed E-state index contributed by atoms with van der Waals surface area (Å²) in [5.41, 5.74) is 6.20. The van der Waals surface area contributed by atoms with Crippen molar-refractivity contribution in [2.24, 2.45) is 5.73 Å². The number of hydrogen-bond acceptors (Lipinski definition) is 3. The van der Waals surface area contributed by atoms with E-state index in [2.05, 4.69) is 0 Å². The number of hydrogen-bond donors (Lipinski definition) is 1. The predicted molar refractivity (Wildman–Crippen MR) is 76.9 cm³/mol. The zero-order chi connectivity index (χ0) is 13.9. The molecule has 0 amide bonds. The van der Waals surface area contributed by atoms with Crippen LogP contribution in [0.15, 0.2) is 59.5 Å². The van der Waals surface area contributed by atoms with Crippen molar-refractivity contribution in [3.05, 3.63) is 65.2 Å². The molecule has 2 N–H and O–H groups in total. The quantitative estimate of drug-likeness (QED) is 0.943. The van der Waals surface area contributed by atoms with E-state index in [1.54, 1.807) is 54.6 Å². The van der Waals surface area contributed by atoms with Crippen molar-refractivity contribution in [1.82, 2.24) is 0 Å². The van der Waals surface area contributed by atoms with Gasteiger partial charge in [0, 0.05) is 11.6 Å². The molecule has 0 heterocycles. The Balaban J connectivity index is 2.52. The van der Waals surface area contributed by atoms with Crippen LogP contribution in [0, 0.1) is 0 Å². The van der Waals surface area contributed by atoms with Crippen LogP contribution in [0.25, 0.3) is 0 Å². The van der Waals surface area contributed by atoms with Crippen LogP contribution in [0.3, 0.4) is 0 Å². The molecule has 5 heteroatoms. The minimum atomic E-state index is -3.54. The third-order valence-corrected chi connectivity index (χ3v) is 5.38. The molecular formula is C14H14ClNO2S. The Morgan fingerprint density at radius 1 is 1.00 bits per heavy atom. The topological polar surface area (TPSA) is 60.2 Å². The molecule has 0 aliphatic heterocycles. The highest BCUT2D eigenvalue weighted by Crippen LogP contribution is 2.32. The van der Waals surface area contributed by atoms with E-state index in [0.29, 0.717) is 10.6 Å². The molecule has 19 heavy (non-hydrogen) atoms. The fourth-order valence-electron chi connectivity index (χ4n) is 1.93. The van der Waals surface area contributed by atoms with Gasteiger partial charge in [0.1, 0.15) is 5.25 Å². The summed E-state index contributed by atoms with van der Waals surface area (Å²) < 4.78 is 25.2. The maximum absolute atomic E-state index is 12.6. The predicted octanol–water partition coefficient (Wildman–Crippen LogP) is 2.81. The third-order valence-electron chi connectivity index (χ3n) is 2.91. The van der Waals surface area contributed by atoms with Crippen molar-refractivity contribution >= 4 is 21.4 Å². The number of halogens is 1. The second-order valence-electron chi connectivity index (χ2n) is 4.10. The van der Waals surface area contributed by atoms with Gasteiger partial charge in [-0.2, -0.15) is 0 Å². The molecule has 0 bridgehead atoms. The Bertz CT molecular complexity index is 656. The van der Waals surface area contributed by atoms with Crippen molar-refractivity contribution < 1.29 is 8.42 Å². The monoisotopic (exact) mass is 295 g/mol. The Morgan fingerprint density at radius 2 is 1.58 bits per heavy atom. The van der Waals surface area contributed by atoms with E-state index in [0.717, 1.165) is 0 Å². The van der Waals surface area contributed by atoms with Gasteiger partial charge in [-0.1, -0.05) is 48.0 Å². The molecule has 0 unspecified atom stereocenters. The highest BCUT2D eigenvalue weighted by Gasteiger charge is 2.29. The summed E-state index contributed by atoms with van der Waals surface area (Å²) in [6, 6.07) is 15.1. The summed E-state index contributed by atoms with van der Waals surface area (Å²) in [4.78, 5) is 0.255. The molecule has 0 saturated heterocycles. The van der Waals surface area contributed by atoms with Gasteiger partial charge < -0.3 is 5.73 Å². The molecule has 0 radical (unpaired) electrons. The summed E-state index contributed by atoms with van der Waals surface area (Å²) in [5, 5.41) is -0.416. The van der Waals surface area contributed by atoms with E-state index in [1.165, 1.54) is 0 Å². The van der Waals surface area contributed by atoms with E-state index >= 15 is 0 Å². The summed E-state index contributed by atoms with van der Waals surface area (Å²) in [7, 11) is -3.54. The van der Waals surface area contributed by atoms with E-state index in [4.69, 9.17) is 17.3 Å². The van der Waals surface area contributed by atoms with Crippen LogP contribution in [0.2, 0.25) is 5.02 Å². The molecule has 2 aromatic carbocycles. The van der Waals surface area contributed by atoms with Gasteiger partial charge in [-0.3, -0.25) is 0 Å². The van der Waals surface area contributed by atoms with Crippen molar-refractivity contribution in [1.29, 1.82) is 0 Å². The molecule has 0 aliphatic carbocycles. The van der Waals surface area contributed by atoms with Crippen molar-refractivity contribution in [3.63, 3.8) is 0 Å². The molecule has 2 aromatic rings. The zero-order valence-electron chi connectivity index (χ0n) is 10.2. The normalized spacial score (nSPS) is 13.2. The lowest BCUT2D eigenvalue weighted by atomic mass is 10.1. The van der Waals surface area contributed by atoms with Crippen molar-refractivity contribution in [2.45, 2.75) is 10.1 Å². The van der Waals surface area contributed by atoms with E-state index in [1.807, 2.05) is 0 Å². The zero-order valence-corrected chi connectivity index (χ0v) is 11.7. The number of benzene rings is 2. The minimum absolute atomic E-state index is 0.0129. The van der Waals surface area contributed by atoms with Gasteiger partial charge in [0.15, 0.2) is 9.84 Å². The Kier molecular flexibility index (Phi) is 4.24. The molecule has 100 valence electrons. The van der Waals surface area contributed by atoms with Crippen LogP contribution in [-0.4, -0.2) is 15.0 Å². The van der Waals surface area contributed by atoms with Gasteiger partial charge in [0.05, 0.1) is 4.90 Å². The highest BCUT2D eigenvalue weighted by atomic mass is 35.5. The molecule has 0 aliphatic rings. The molecule has 0 fully saturated rings. The lowest BCUT2D eigenvalue weighted by Gasteiger charge is -2.17. The second-order valence-corrected chi connectivity index (χ2v) is 6.64. The average Bonchev–Trinajstić information content (AvgIpc) is 2.42. The SMILES string of the molecule is NC[C@@H](c1ccccc1Cl)S(=O)(=O)c1ccccc1. The first-order chi connectivity index (χ1) is 9.07. The van der Waals surface area contributed by atoms with Crippen molar-refractivity contribution in [2.75, 3.05) is 6.54 Å². The first kappa shape index (κ1) is 14.1. The van der Waals surface area contributed by atoms with Gasteiger partial charge in [-0.05, 0) is 23.8 Å². The van der Waals surface area contributed by atoms with Gasteiger partial charge in [0.25, 0.3) is 0 Å². The summed E-state index contributed by atoms with van der Waals surface area (Å²) in [5.74, 6) is 0. The molecule has 2 rings (SSSR count). The number of rotatable bonds is 4. The lowest BCUT2D eigenvalue weighted by Crippen LogP contribution is -2.22. The first-order valence-electron chi connectivity index (χ1n) is 5.81. The van der Waals surface area contributed by atoms with Gasteiger partial charge in [0.2, 0.25) is 0 Å². The van der Waals surface area contributed by atoms with Crippen molar-refractivity contribution in [3.8, 4) is 0 Å². The Labute approximate surface area is 117 Å². The summed E-state index contributed by atoms with van der Waals surface area (Å²) >= 11 is 6.07. The maximum atomic E-state index is 12.6. The smallest absolute Gasteiger partial charge is 0.186 e. The van der Waals surface area contributed by atoms with Crippen LogP contribution in [0.1, 0.15) is 10.8 Å². The van der Waals surface area contributed by atoms with E-state index in [9.17, 15) is 8.42 Å². The largest absolute Gasteiger partial charge is 0.329 e. The van der Waals surface area contributed by atoms with Crippen LogP contribution < -0.4 is 5.73 Å². The summed E-state index contributed by atoms with van der Waals surface area (Å²) in [6.45, 7) is -0.0129. The standard InChI is InChI=1S/C14H14ClNO2S/c15-13-9-5-4-8-12(13)14(10-16)19(17,18)11-6-2-1-3-7-11/h1-9,14H,10,16H2/t14-/m0/s1.